The Morgan fingerprint density at radius 3 is 1.77 bits per heavy atom. The van der Waals surface area contributed by atoms with Gasteiger partial charge in [0.1, 0.15) is 48.8 Å². The van der Waals surface area contributed by atoms with Crippen LogP contribution in [0.25, 0.3) is 0 Å². The number of hydrogen-bond donors (Lipinski definition) is 7. The number of rotatable bonds is 7. The van der Waals surface area contributed by atoms with E-state index in [1.807, 2.05) is 0 Å². The zero-order chi connectivity index (χ0) is 19.4. The lowest BCUT2D eigenvalue weighted by Gasteiger charge is -2.42. The average Bonchev–Trinajstić information content (AvgIpc) is 2.64. The highest BCUT2D eigenvalue weighted by Gasteiger charge is 2.47. The molecule has 0 aromatic carbocycles. The summed E-state index contributed by atoms with van der Waals surface area (Å²) < 4.78 is 21.0. The smallest absolute Gasteiger partial charge is 0.187 e. The predicted molar refractivity (Wildman–Crippen MR) is 82.5 cm³/mol. The molecule has 2 aliphatic heterocycles. The van der Waals surface area contributed by atoms with Crippen LogP contribution in [0.5, 0.6) is 0 Å². The number of ether oxygens (including phenoxy) is 4. The first kappa shape index (κ1) is 21.6. The van der Waals surface area contributed by atoms with E-state index in [4.69, 9.17) is 24.1 Å². The van der Waals surface area contributed by atoms with Gasteiger partial charge in [-0.05, 0) is 0 Å². The van der Waals surface area contributed by atoms with E-state index in [9.17, 15) is 30.6 Å². The average molecular weight is 382 g/mol. The summed E-state index contributed by atoms with van der Waals surface area (Å²) >= 11 is 0. The van der Waals surface area contributed by atoms with E-state index in [1.165, 1.54) is 6.08 Å². The lowest BCUT2D eigenvalue weighted by molar-refractivity contribution is -0.330. The topological polar surface area (TPSA) is 179 Å². The maximum Gasteiger partial charge on any atom is 0.187 e. The van der Waals surface area contributed by atoms with Crippen molar-refractivity contribution in [2.24, 2.45) is 0 Å². The summed E-state index contributed by atoms with van der Waals surface area (Å²) in [6, 6.07) is 0. The van der Waals surface area contributed by atoms with Gasteiger partial charge in [0.15, 0.2) is 12.6 Å². The third kappa shape index (κ3) is 4.58. The Balaban J connectivity index is 1.97. The minimum atomic E-state index is -1.61. The second-order valence-electron chi connectivity index (χ2n) is 6.17. The Hall–Kier alpha value is -0.700. The van der Waals surface area contributed by atoms with E-state index in [2.05, 4.69) is 6.58 Å². The molecule has 0 unspecified atom stereocenters. The Labute approximate surface area is 149 Å². The van der Waals surface area contributed by atoms with E-state index in [1.54, 1.807) is 0 Å². The third-order valence-electron chi connectivity index (χ3n) is 4.32. The molecule has 26 heavy (non-hydrogen) atoms. The lowest BCUT2D eigenvalue weighted by atomic mass is 9.98. The van der Waals surface area contributed by atoms with Crippen molar-refractivity contribution in [2.75, 3.05) is 19.8 Å². The molecular formula is C15H26O11. The van der Waals surface area contributed by atoms with Crippen LogP contribution in [0.4, 0.5) is 0 Å². The van der Waals surface area contributed by atoms with Crippen LogP contribution in [0, 0.1) is 0 Å². The summed E-state index contributed by atoms with van der Waals surface area (Å²) in [5.74, 6) is 0. The summed E-state index contributed by atoms with van der Waals surface area (Å²) in [4.78, 5) is 0. The molecule has 2 saturated heterocycles. The molecule has 0 bridgehead atoms. The molecule has 0 aromatic rings. The van der Waals surface area contributed by atoms with E-state index in [0.29, 0.717) is 0 Å². The molecule has 152 valence electrons. The van der Waals surface area contributed by atoms with Crippen LogP contribution >= 0.6 is 0 Å². The van der Waals surface area contributed by atoms with Gasteiger partial charge in [-0.2, -0.15) is 0 Å². The molecule has 7 N–H and O–H groups in total. The summed E-state index contributed by atoms with van der Waals surface area (Å²) in [5.41, 5.74) is 0. The van der Waals surface area contributed by atoms with Crippen molar-refractivity contribution < 1.29 is 54.7 Å². The summed E-state index contributed by atoms with van der Waals surface area (Å²) in [6.45, 7) is 2.47. The summed E-state index contributed by atoms with van der Waals surface area (Å²) in [7, 11) is 0. The fraction of sp³-hybridized carbons (Fsp3) is 0.867. The first-order valence-electron chi connectivity index (χ1n) is 8.16. The molecular weight excluding hydrogens is 356 g/mol. The number of aliphatic hydroxyl groups excluding tert-OH is 7. The minimum Gasteiger partial charge on any atom is -0.394 e. The molecule has 0 aromatic heterocycles. The maximum atomic E-state index is 10.0. The van der Waals surface area contributed by atoms with Gasteiger partial charge >= 0.3 is 0 Å². The molecule has 11 nitrogen and oxygen atoms in total. The van der Waals surface area contributed by atoms with E-state index < -0.39 is 74.6 Å². The highest BCUT2D eigenvalue weighted by atomic mass is 16.7. The van der Waals surface area contributed by atoms with Crippen LogP contribution < -0.4 is 0 Å². The van der Waals surface area contributed by atoms with Gasteiger partial charge in [-0.25, -0.2) is 0 Å². The third-order valence-corrected chi connectivity index (χ3v) is 4.32. The van der Waals surface area contributed by atoms with Crippen LogP contribution in [-0.2, 0) is 18.9 Å². The fourth-order valence-electron chi connectivity index (χ4n) is 2.75. The molecule has 11 heteroatoms. The van der Waals surface area contributed by atoms with Gasteiger partial charge in [0.2, 0.25) is 0 Å². The Morgan fingerprint density at radius 1 is 0.731 bits per heavy atom. The highest BCUT2D eigenvalue weighted by Crippen LogP contribution is 2.25. The van der Waals surface area contributed by atoms with Gasteiger partial charge < -0.3 is 54.7 Å². The molecule has 10 atom stereocenters. The second-order valence-corrected chi connectivity index (χ2v) is 6.17. The number of aliphatic hydroxyl groups is 7. The Bertz CT molecular complexity index is 447. The van der Waals surface area contributed by atoms with Crippen LogP contribution in [0.2, 0.25) is 0 Å². The van der Waals surface area contributed by atoms with Crippen LogP contribution in [-0.4, -0.2) is 117 Å². The standard InChI is InChI=1S/C15H26O11/c1-2-3-23-14-12(21)11(20)9(18)7(26-14)5-24-15-13(22)10(19)8(17)6(4-16)25-15/h2,6-22H,1,3-5H2/t6-,7-,8-,9-,10+,11+,12-,13-,14+,15+/m1/s1. The minimum absolute atomic E-state index is 0.0326. The molecule has 2 fully saturated rings. The van der Waals surface area contributed by atoms with Gasteiger partial charge in [0.25, 0.3) is 0 Å². The predicted octanol–water partition coefficient (Wildman–Crippen LogP) is -4.19. The van der Waals surface area contributed by atoms with Gasteiger partial charge in [-0.15, -0.1) is 6.58 Å². The second kappa shape index (κ2) is 9.48. The molecule has 0 saturated carbocycles. The molecule has 2 aliphatic rings. The van der Waals surface area contributed by atoms with Crippen molar-refractivity contribution in [1.82, 2.24) is 0 Å². The SMILES string of the molecule is C=CCO[C@H]1O[C@H](CO[C@H]2O[C@H](CO)[C@@H](O)[C@H](O)[C@H]2O)[C@@H](O)[C@H](O)[C@H]1O. The van der Waals surface area contributed by atoms with Crippen molar-refractivity contribution in [1.29, 1.82) is 0 Å². The van der Waals surface area contributed by atoms with Crippen molar-refractivity contribution in [3.63, 3.8) is 0 Å². The molecule has 0 amide bonds. The Morgan fingerprint density at radius 2 is 1.23 bits per heavy atom. The first-order chi connectivity index (χ1) is 12.3. The number of hydrogen-bond acceptors (Lipinski definition) is 11. The van der Waals surface area contributed by atoms with Crippen LogP contribution in [0.15, 0.2) is 12.7 Å². The molecule has 0 spiro atoms. The zero-order valence-electron chi connectivity index (χ0n) is 13.9. The van der Waals surface area contributed by atoms with Crippen molar-refractivity contribution >= 4 is 0 Å². The maximum absolute atomic E-state index is 10.0. The molecule has 0 aliphatic carbocycles. The molecule has 2 rings (SSSR count). The van der Waals surface area contributed by atoms with Gasteiger partial charge in [0, 0.05) is 0 Å². The van der Waals surface area contributed by atoms with Gasteiger partial charge in [-0.3, -0.25) is 0 Å². The summed E-state index contributed by atoms with van der Waals surface area (Å²) in [6.07, 6.45) is -12.9. The van der Waals surface area contributed by atoms with Gasteiger partial charge in [0.05, 0.1) is 19.8 Å². The van der Waals surface area contributed by atoms with Crippen LogP contribution in [0.1, 0.15) is 0 Å². The molecule has 0 radical (unpaired) electrons. The van der Waals surface area contributed by atoms with Gasteiger partial charge in [-0.1, -0.05) is 6.08 Å². The highest BCUT2D eigenvalue weighted by molar-refractivity contribution is 4.91. The Kier molecular flexibility index (Phi) is 7.88. The fourth-order valence-corrected chi connectivity index (χ4v) is 2.75. The zero-order valence-corrected chi connectivity index (χ0v) is 13.9. The summed E-state index contributed by atoms with van der Waals surface area (Å²) in [5, 5.41) is 68.3. The van der Waals surface area contributed by atoms with Crippen molar-refractivity contribution in [3.8, 4) is 0 Å². The normalized spacial score (nSPS) is 46.9. The van der Waals surface area contributed by atoms with E-state index >= 15 is 0 Å². The van der Waals surface area contributed by atoms with Crippen LogP contribution in [0.3, 0.4) is 0 Å². The van der Waals surface area contributed by atoms with Crippen molar-refractivity contribution in [2.45, 2.75) is 61.4 Å². The van der Waals surface area contributed by atoms with Crippen molar-refractivity contribution in [3.05, 3.63) is 12.7 Å². The lowest BCUT2D eigenvalue weighted by Crippen LogP contribution is -2.61. The monoisotopic (exact) mass is 382 g/mol. The molecule has 2 heterocycles. The largest absolute Gasteiger partial charge is 0.394 e. The quantitative estimate of drug-likeness (QED) is 0.212. The van der Waals surface area contributed by atoms with E-state index in [0.717, 1.165) is 0 Å². The van der Waals surface area contributed by atoms with E-state index in [-0.39, 0.29) is 6.61 Å². The first-order valence-corrected chi connectivity index (χ1v) is 8.16.